The van der Waals surface area contributed by atoms with Crippen molar-refractivity contribution in [3.05, 3.63) is 36.0 Å². The lowest BCUT2D eigenvalue weighted by Crippen LogP contribution is -2.57. The Hall–Kier alpha value is -4.50. The number of nitrogens with one attached hydrogen (secondary N) is 4. The Morgan fingerprint density at radius 2 is 1.49 bits per heavy atom. The number of H-pyrrole nitrogens is 1. The Labute approximate surface area is 235 Å². The minimum Gasteiger partial charge on any atom is -0.481 e. The number of hydrogen-bond donors (Lipinski definition) is 9. The second-order valence-electron chi connectivity index (χ2n) is 9.58. The van der Waals surface area contributed by atoms with Crippen molar-refractivity contribution in [1.29, 1.82) is 0 Å². The van der Waals surface area contributed by atoms with E-state index in [1.165, 1.54) is 0 Å². The van der Waals surface area contributed by atoms with Gasteiger partial charge in [0.1, 0.15) is 18.1 Å². The number of fused-ring (bicyclic) bond motifs is 1. The minimum absolute atomic E-state index is 0.0580. The highest BCUT2D eigenvalue weighted by atomic mass is 16.4. The number of primary amides is 1. The summed E-state index contributed by atoms with van der Waals surface area (Å²) in [5, 5.41) is 26.6. The van der Waals surface area contributed by atoms with Crippen molar-refractivity contribution >= 4 is 46.5 Å². The molecule has 0 bridgehead atoms. The largest absolute Gasteiger partial charge is 0.481 e. The number of benzene rings is 1. The van der Waals surface area contributed by atoms with Gasteiger partial charge in [0, 0.05) is 29.9 Å². The summed E-state index contributed by atoms with van der Waals surface area (Å²) in [6, 6.07) is 1.94. The van der Waals surface area contributed by atoms with E-state index in [4.69, 9.17) is 22.3 Å². The molecule has 2 aromatic rings. The van der Waals surface area contributed by atoms with E-state index >= 15 is 0 Å². The zero-order chi connectivity index (χ0) is 30.5. The fourth-order valence-electron chi connectivity index (χ4n) is 4.15. The quantitative estimate of drug-likeness (QED) is 0.0922. The molecule has 0 saturated heterocycles. The van der Waals surface area contributed by atoms with Crippen molar-refractivity contribution in [3.8, 4) is 0 Å². The number of hydrogen-bond acceptors (Lipinski definition) is 8. The maximum absolute atomic E-state index is 13.4. The van der Waals surface area contributed by atoms with E-state index in [1.54, 1.807) is 18.3 Å². The molecule has 4 amide bonds. The number of nitrogens with two attached hydrogens (primary N) is 3. The van der Waals surface area contributed by atoms with E-state index in [0.717, 1.165) is 10.9 Å². The van der Waals surface area contributed by atoms with Crippen LogP contribution in [0, 0.1) is 0 Å². The summed E-state index contributed by atoms with van der Waals surface area (Å²) in [7, 11) is 0. The van der Waals surface area contributed by atoms with Crippen molar-refractivity contribution in [2.24, 2.45) is 17.2 Å². The highest BCUT2D eigenvalue weighted by Gasteiger charge is 2.31. The van der Waals surface area contributed by atoms with Gasteiger partial charge in [-0.05, 0) is 43.9 Å². The highest BCUT2D eigenvalue weighted by molar-refractivity contribution is 5.95. The van der Waals surface area contributed by atoms with Crippen LogP contribution in [-0.2, 0) is 35.2 Å². The number of carboxylic acid groups (broad SMARTS) is 2. The summed E-state index contributed by atoms with van der Waals surface area (Å²) >= 11 is 0. The first-order valence-electron chi connectivity index (χ1n) is 13.1. The van der Waals surface area contributed by atoms with Crippen LogP contribution in [0.5, 0.6) is 0 Å². The molecule has 0 aliphatic heterocycles. The van der Waals surface area contributed by atoms with Crippen LogP contribution in [0.25, 0.3) is 10.9 Å². The van der Waals surface area contributed by atoms with Crippen molar-refractivity contribution in [2.45, 2.75) is 69.1 Å². The Morgan fingerprint density at radius 3 is 2.12 bits per heavy atom. The lowest BCUT2D eigenvalue weighted by Gasteiger charge is -2.25. The molecule has 0 radical (unpaired) electrons. The normalized spacial score (nSPS) is 13.9. The number of rotatable bonds is 18. The molecule has 1 heterocycles. The van der Waals surface area contributed by atoms with Gasteiger partial charge in [-0.3, -0.25) is 24.0 Å². The van der Waals surface area contributed by atoms with Gasteiger partial charge in [0.25, 0.3) is 0 Å². The number of carbonyl (C=O) groups excluding carboxylic acids is 4. The zero-order valence-corrected chi connectivity index (χ0v) is 22.4. The monoisotopic (exact) mass is 575 g/mol. The molecule has 0 aliphatic rings. The standard InChI is InChI=1S/C26H37N7O8/c27-10-4-3-7-18(31-23(37)16(28)12-21(29)34)24(38)33-20(11-14-13-30-17-6-2-1-5-15(14)17)25(39)32-19(26(40)41)8-9-22(35)36/h1-2,5-6,13,16,18-20,30H,3-4,7-12,27-28H2,(H2,29,34)(H,31,37)(H,32,39)(H,33,38)(H,35,36)(H,40,41). The molecular formula is C26H37N7O8. The second kappa shape index (κ2) is 15.9. The van der Waals surface area contributed by atoms with Crippen LogP contribution in [0.4, 0.5) is 0 Å². The first-order chi connectivity index (χ1) is 19.4. The molecule has 15 heteroatoms. The zero-order valence-electron chi connectivity index (χ0n) is 22.4. The summed E-state index contributed by atoms with van der Waals surface area (Å²) < 4.78 is 0. The van der Waals surface area contributed by atoms with Crippen LogP contribution >= 0.6 is 0 Å². The first-order valence-corrected chi connectivity index (χ1v) is 13.1. The van der Waals surface area contributed by atoms with Gasteiger partial charge in [0.05, 0.1) is 12.5 Å². The molecule has 4 unspecified atom stereocenters. The average molecular weight is 576 g/mol. The summed E-state index contributed by atoms with van der Waals surface area (Å²) in [5.74, 6) is -5.89. The molecular weight excluding hydrogens is 538 g/mol. The molecule has 224 valence electrons. The van der Waals surface area contributed by atoms with Gasteiger partial charge < -0.3 is 48.3 Å². The summed E-state index contributed by atoms with van der Waals surface area (Å²) in [6.07, 6.45) is 1.39. The first kappa shape index (κ1) is 32.7. The van der Waals surface area contributed by atoms with Gasteiger partial charge in [0.15, 0.2) is 0 Å². The lowest BCUT2D eigenvalue weighted by atomic mass is 10.0. The Balaban J connectivity index is 2.32. The van der Waals surface area contributed by atoms with Gasteiger partial charge in [-0.1, -0.05) is 18.2 Å². The number of carboxylic acids is 2. The molecule has 1 aromatic carbocycles. The van der Waals surface area contributed by atoms with Gasteiger partial charge in [-0.25, -0.2) is 4.79 Å². The molecule has 0 aliphatic carbocycles. The molecule has 15 nitrogen and oxygen atoms in total. The number of para-hydroxylation sites is 1. The molecule has 2 rings (SSSR count). The molecule has 41 heavy (non-hydrogen) atoms. The molecule has 1 aromatic heterocycles. The summed E-state index contributed by atoms with van der Waals surface area (Å²) in [5.41, 5.74) is 17.8. The Bertz CT molecular complexity index is 1250. The molecule has 0 fully saturated rings. The summed E-state index contributed by atoms with van der Waals surface area (Å²) in [6.45, 7) is 0.335. The maximum atomic E-state index is 13.4. The van der Waals surface area contributed by atoms with E-state index < -0.39 is 72.6 Å². The smallest absolute Gasteiger partial charge is 0.326 e. The molecule has 0 saturated carbocycles. The van der Waals surface area contributed by atoms with Crippen molar-refractivity contribution < 1.29 is 39.0 Å². The number of aromatic amines is 1. The SMILES string of the molecule is NCCCCC(NC(=O)C(N)CC(N)=O)C(=O)NC(Cc1c[nH]c2ccccc12)C(=O)NC(CCC(=O)O)C(=O)O. The number of amides is 4. The lowest BCUT2D eigenvalue weighted by molar-refractivity contribution is -0.143. The number of aromatic nitrogens is 1. The molecule has 12 N–H and O–H groups in total. The maximum Gasteiger partial charge on any atom is 0.326 e. The minimum atomic E-state index is -1.52. The average Bonchev–Trinajstić information content (AvgIpc) is 3.31. The van der Waals surface area contributed by atoms with Crippen molar-refractivity contribution in [1.82, 2.24) is 20.9 Å². The van der Waals surface area contributed by atoms with Crippen LogP contribution < -0.4 is 33.2 Å². The fraction of sp³-hybridized carbons (Fsp3) is 0.462. The van der Waals surface area contributed by atoms with Gasteiger partial charge in [-0.2, -0.15) is 0 Å². The third-order valence-electron chi connectivity index (χ3n) is 6.33. The van der Waals surface area contributed by atoms with Gasteiger partial charge >= 0.3 is 11.9 Å². The number of unbranched alkanes of at least 4 members (excludes halogenated alkanes) is 1. The van der Waals surface area contributed by atoms with E-state index in [0.29, 0.717) is 24.9 Å². The topological polar surface area (TPSA) is 273 Å². The van der Waals surface area contributed by atoms with Crippen LogP contribution in [0.2, 0.25) is 0 Å². The van der Waals surface area contributed by atoms with E-state index in [-0.39, 0.29) is 19.3 Å². The van der Waals surface area contributed by atoms with Crippen LogP contribution in [-0.4, -0.2) is 81.5 Å². The van der Waals surface area contributed by atoms with Gasteiger partial charge in [0.2, 0.25) is 23.6 Å². The Morgan fingerprint density at radius 1 is 0.854 bits per heavy atom. The number of aliphatic carboxylic acids is 2. The van der Waals surface area contributed by atoms with Crippen LogP contribution in [0.15, 0.2) is 30.5 Å². The highest BCUT2D eigenvalue weighted by Crippen LogP contribution is 2.19. The van der Waals surface area contributed by atoms with Gasteiger partial charge in [-0.15, -0.1) is 0 Å². The number of carbonyl (C=O) groups is 6. The van der Waals surface area contributed by atoms with E-state index in [2.05, 4.69) is 20.9 Å². The predicted octanol–water partition coefficient (Wildman–Crippen LogP) is -1.55. The van der Waals surface area contributed by atoms with Crippen LogP contribution in [0.1, 0.15) is 44.1 Å². The predicted molar refractivity (Wildman–Crippen MR) is 147 cm³/mol. The third kappa shape index (κ3) is 10.5. The second-order valence-corrected chi connectivity index (χ2v) is 9.58. The van der Waals surface area contributed by atoms with E-state index in [1.807, 2.05) is 12.1 Å². The third-order valence-corrected chi connectivity index (χ3v) is 6.33. The van der Waals surface area contributed by atoms with Crippen molar-refractivity contribution in [3.63, 3.8) is 0 Å². The molecule has 4 atom stereocenters. The fourth-order valence-corrected chi connectivity index (χ4v) is 4.15. The van der Waals surface area contributed by atoms with Crippen LogP contribution in [0.3, 0.4) is 0 Å². The Kier molecular flexibility index (Phi) is 12.7. The molecule has 0 spiro atoms. The van der Waals surface area contributed by atoms with Crippen molar-refractivity contribution in [2.75, 3.05) is 6.54 Å². The van der Waals surface area contributed by atoms with E-state index in [9.17, 15) is 33.9 Å². The summed E-state index contributed by atoms with van der Waals surface area (Å²) in [4.78, 5) is 76.2.